The van der Waals surface area contributed by atoms with E-state index in [0.717, 1.165) is 18.9 Å². The van der Waals surface area contributed by atoms with Crippen LogP contribution in [-0.4, -0.2) is 62.1 Å². The molecule has 1 aliphatic rings. The monoisotopic (exact) mass is 412 g/mol. The molecule has 3 rings (SSSR count). The van der Waals surface area contributed by atoms with E-state index in [2.05, 4.69) is 15.2 Å². The molecular weight excluding hydrogens is 384 g/mol. The van der Waals surface area contributed by atoms with Gasteiger partial charge in [0.15, 0.2) is 11.5 Å². The molecule has 8 nitrogen and oxygen atoms in total. The van der Waals surface area contributed by atoms with Gasteiger partial charge in [0.2, 0.25) is 5.91 Å². The largest absolute Gasteiger partial charge is 0.493 e. The van der Waals surface area contributed by atoms with Crippen molar-refractivity contribution in [1.29, 1.82) is 0 Å². The van der Waals surface area contributed by atoms with Crippen LogP contribution in [0.25, 0.3) is 0 Å². The Bertz CT molecular complexity index is 891. The van der Waals surface area contributed by atoms with E-state index < -0.39 is 0 Å². The maximum absolute atomic E-state index is 12.5. The highest BCUT2D eigenvalue weighted by Gasteiger charge is 2.23. The Labute approximate surface area is 176 Å². The molecule has 0 spiro atoms. The van der Waals surface area contributed by atoms with Gasteiger partial charge in [-0.1, -0.05) is 13.8 Å². The van der Waals surface area contributed by atoms with Gasteiger partial charge in [0.25, 0.3) is 5.91 Å². The highest BCUT2D eigenvalue weighted by Crippen LogP contribution is 2.28. The molecule has 1 aromatic heterocycles. The maximum atomic E-state index is 12.5. The van der Waals surface area contributed by atoms with Gasteiger partial charge in [-0.05, 0) is 30.3 Å². The highest BCUT2D eigenvalue weighted by atomic mass is 16.5. The fourth-order valence-electron chi connectivity index (χ4n) is 3.35. The van der Waals surface area contributed by atoms with Crippen LogP contribution >= 0.6 is 0 Å². The minimum absolute atomic E-state index is 0.0169. The summed E-state index contributed by atoms with van der Waals surface area (Å²) in [6, 6.07) is 8.71. The average Bonchev–Trinajstić information content (AvgIpc) is 2.78. The van der Waals surface area contributed by atoms with Gasteiger partial charge >= 0.3 is 0 Å². The van der Waals surface area contributed by atoms with Crippen molar-refractivity contribution in [1.82, 2.24) is 9.88 Å². The summed E-state index contributed by atoms with van der Waals surface area (Å²) in [6.45, 7) is 6.70. The number of pyridine rings is 1. The number of hydrogen-bond donors (Lipinski definition) is 1. The van der Waals surface area contributed by atoms with Crippen molar-refractivity contribution in [3.8, 4) is 11.5 Å². The zero-order valence-electron chi connectivity index (χ0n) is 17.8. The molecule has 0 atom stereocenters. The summed E-state index contributed by atoms with van der Waals surface area (Å²) >= 11 is 0. The molecule has 0 saturated carbocycles. The molecule has 1 aromatic carbocycles. The Morgan fingerprint density at radius 2 is 1.70 bits per heavy atom. The van der Waals surface area contributed by atoms with Crippen molar-refractivity contribution in [3.63, 3.8) is 0 Å². The van der Waals surface area contributed by atoms with Gasteiger partial charge in [-0.15, -0.1) is 0 Å². The van der Waals surface area contributed by atoms with Gasteiger partial charge < -0.3 is 24.6 Å². The molecule has 160 valence electrons. The average molecular weight is 412 g/mol. The number of aromatic nitrogens is 1. The molecule has 2 amide bonds. The van der Waals surface area contributed by atoms with Crippen LogP contribution in [0.15, 0.2) is 36.5 Å². The van der Waals surface area contributed by atoms with Crippen LogP contribution in [0.4, 0.5) is 11.5 Å². The molecule has 8 heteroatoms. The molecule has 1 fully saturated rings. The lowest BCUT2D eigenvalue weighted by Crippen LogP contribution is -2.50. The van der Waals surface area contributed by atoms with Crippen molar-refractivity contribution in [3.05, 3.63) is 42.1 Å². The topological polar surface area (TPSA) is 84.0 Å². The molecule has 1 saturated heterocycles. The number of nitrogens with zero attached hydrogens (tertiary/aromatic N) is 3. The van der Waals surface area contributed by atoms with Crippen LogP contribution in [0.5, 0.6) is 11.5 Å². The smallest absolute Gasteiger partial charge is 0.255 e. The van der Waals surface area contributed by atoms with Gasteiger partial charge in [-0.25, -0.2) is 4.98 Å². The van der Waals surface area contributed by atoms with Gasteiger partial charge in [-0.3, -0.25) is 9.59 Å². The van der Waals surface area contributed by atoms with Crippen molar-refractivity contribution in [2.24, 2.45) is 5.92 Å². The number of ether oxygens (including phenoxy) is 2. The Morgan fingerprint density at radius 3 is 2.27 bits per heavy atom. The molecule has 0 aliphatic carbocycles. The second-order valence-electron chi connectivity index (χ2n) is 7.40. The minimum Gasteiger partial charge on any atom is -0.493 e. The predicted molar refractivity (Wildman–Crippen MR) is 115 cm³/mol. The first-order valence-corrected chi connectivity index (χ1v) is 9.96. The van der Waals surface area contributed by atoms with E-state index in [1.807, 2.05) is 30.9 Å². The Morgan fingerprint density at radius 1 is 1.00 bits per heavy atom. The van der Waals surface area contributed by atoms with Crippen molar-refractivity contribution in [2.45, 2.75) is 13.8 Å². The van der Waals surface area contributed by atoms with Crippen molar-refractivity contribution >= 4 is 23.3 Å². The number of hydrogen-bond acceptors (Lipinski definition) is 6. The lowest BCUT2D eigenvalue weighted by atomic mass is 10.1. The Balaban J connectivity index is 1.60. The van der Waals surface area contributed by atoms with Gasteiger partial charge in [0, 0.05) is 37.7 Å². The van der Waals surface area contributed by atoms with Crippen LogP contribution in [-0.2, 0) is 4.79 Å². The number of benzene rings is 1. The molecule has 30 heavy (non-hydrogen) atoms. The molecule has 2 aromatic rings. The van der Waals surface area contributed by atoms with Gasteiger partial charge in [0.1, 0.15) is 5.82 Å². The number of piperazine rings is 1. The zero-order chi connectivity index (χ0) is 21.7. The zero-order valence-corrected chi connectivity index (χ0v) is 17.8. The van der Waals surface area contributed by atoms with Gasteiger partial charge in [0.05, 0.1) is 26.1 Å². The number of amides is 2. The quantitative estimate of drug-likeness (QED) is 0.785. The third-order valence-electron chi connectivity index (χ3n) is 5.06. The predicted octanol–water partition coefficient (Wildman–Crippen LogP) is 2.66. The van der Waals surface area contributed by atoms with Crippen LogP contribution in [0.1, 0.15) is 24.2 Å². The number of anilines is 2. The van der Waals surface area contributed by atoms with Crippen LogP contribution < -0.4 is 19.7 Å². The summed E-state index contributed by atoms with van der Waals surface area (Å²) in [6.07, 6.45) is 1.64. The van der Waals surface area contributed by atoms with Crippen LogP contribution in [0.3, 0.4) is 0 Å². The number of methoxy groups -OCH3 is 2. The van der Waals surface area contributed by atoms with E-state index in [1.165, 1.54) is 7.11 Å². The molecular formula is C22H28N4O4. The number of rotatable bonds is 6. The second kappa shape index (κ2) is 9.47. The summed E-state index contributed by atoms with van der Waals surface area (Å²) in [7, 11) is 3.08. The summed E-state index contributed by atoms with van der Waals surface area (Å²) in [5, 5.41) is 2.84. The van der Waals surface area contributed by atoms with E-state index in [1.54, 1.807) is 31.5 Å². The van der Waals surface area contributed by atoms with E-state index in [-0.39, 0.29) is 17.7 Å². The lowest BCUT2D eigenvalue weighted by molar-refractivity contribution is -0.134. The summed E-state index contributed by atoms with van der Waals surface area (Å²) < 4.78 is 10.4. The van der Waals surface area contributed by atoms with Crippen molar-refractivity contribution < 1.29 is 19.1 Å². The standard InChI is InChI=1S/C22H28N4O4/c1-15(2)22(28)26-11-9-25(10-12-26)20-8-6-17(14-23-20)24-21(27)16-5-7-18(29-3)19(13-16)30-4/h5-8,13-15H,9-12H2,1-4H3,(H,24,27). The van der Waals surface area contributed by atoms with Crippen LogP contribution in [0, 0.1) is 5.92 Å². The highest BCUT2D eigenvalue weighted by molar-refractivity contribution is 6.04. The molecule has 0 unspecified atom stereocenters. The third kappa shape index (κ3) is 4.82. The Hall–Kier alpha value is -3.29. The minimum atomic E-state index is -0.258. The molecule has 0 bridgehead atoms. The first-order chi connectivity index (χ1) is 14.4. The molecule has 1 N–H and O–H groups in total. The molecule has 2 heterocycles. The maximum Gasteiger partial charge on any atom is 0.255 e. The van der Waals surface area contributed by atoms with Gasteiger partial charge in [-0.2, -0.15) is 0 Å². The fraction of sp³-hybridized carbons (Fsp3) is 0.409. The summed E-state index contributed by atoms with van der Waals surface area (Å²) in [5.74, 6) is 1.84. The second-order valence-corrected chi connectivity index (χ2v) is 7.40. The normalized spacial score (nSPS) is 13.9. The van der Waals surface area contributed by atoms with Crippen molar-refractivity contribution in [2.75, 3.05) is 50.6 Å². The lowest BCUT2D eigenvalue weighted by Gasteiger charge is -2.36. The van der Waals surface area contributed by atoms with Crippen LogP contribution in [0.2, 0.25) is 0 Å². The third-order valence-corrected chi connectivity index (χ3v) is 5.06. The van der Waals surface area contributed by atoms with E-state index in [0.29, 0.717) is 35.8 Å². The number of carbonyl (C=O) groups is 2. The summed E-state index contributed by atoms with van der Waals surface area (Å²) in [4.78, 5) is 33.2. The molecule has 1 aliphatic heterocycles. The summed E-state index contributed by atoms with van der Waals surface area (Å²) in [5.41, 5.74) is 1.06. The van der Waals surface area contributed by atoms with E-state index >= 15 is 0 Å². The van der Waals surface area contributed by atoms with E-state index in [9.17, 15) is 9.59 Å². The Kier molecular flexibility index (Phi) is 6.76. The number of nitrogens with one attached hydrogen (secondary N) is 1. The first kappa shape index (κ1) is 21.4. The fourth-order valence-corrected chi connectivity index (χ4v) is 3.35. The number of carbonyl (C=O) groups excluding carboxylic acids is 2. The molecule has 0 radical (unpaired) electrons. The SMILES string of the molecule is COc1ccc(C(=O)Nc2ccc(N3CCN(C(=O)C(C)C)CC3)nc2)cc1OC. The van der Waals surface area contributed by atoms with E-state index in [4.69, 9.17) is 9.47 Å². The first-order valence-electron chi connectivity index (χ1n) is 9.96.